The first-order valence-electron chi connectivity index (χ1n) is 9.00. The summed E-state index contributed by atoms with van der Waals surface area (Å²) in [6.45, 7) is 3.92. The number of hydrogen-bond donors (Lipinski definition) is 2. The summed E-state index contributed by atoms with van der Waals surface area (Å²) in [6, 6.07) is 15.5. The van der Waals surface area contributed by atoms with Crippen LogP contribution in [0.5, 0.6) is 5.75 Å². The molecule has 144 valence electrons. The van der Waals surface area contributed by atoms with Crippen LogP contribution in [0.4, 0.5) is 5.69 Å². The minimum absolute atomic E-state index is 0.0399. The van der Waals surface area contributed by atoms with Gasteiger partial charge in [-0.25, -0.2) is 9.78 Å². The van der Waals surface area contributed by atoms with Crippen LogP contribution < -0.4 is 0 Å². The molecule has 0 atom stereocenters. The lowest BCUT2D eigenvalue weighted by atomic mass is 10.1. The molecular formula is C23H18N2O4. The van der Waals surface area contributed by atoms with E-state index >= 15 is 0 Å². The van der Waals surface area contributed by atoms with E-state index in [1.54, 1.807) is 0 Å². The number of rotatable bonds is 4. The lowest BCUT2D eigenvalue weighted by Crippen LogP contribution is -1.97. The van der Waals surface area contributed by atoms with E-state index in [-0.39, 0.29) is 11.3 Å². The smallest absolute Gasteiger partial charge is 0.335 e. The van der Waals surface area contributed by atoms with Gasteiger partial charge in [0.15, 0.2) is 5.58 Å². The van der Waals surface area contributed by atoms with Crippen molar-refractivity contribution in [2.75, 3.05) is 0 Å². The average Bonchev–Trinajstić information content (AvgIpc) is 3.11. The minimum Gasteiger partial charge on any atom is -0.507 e. The Morgan fingerprint density at radius 3 is 2.72 bits per heavy atom. The zero-order valence-corrected chi connectivity index (χ0v) is 15.9. The maximum absolute atomic E-state index is 11.1. The number of carboxylic acid groups (broad SMARTS) is 1. The van der Waals surface area contributed by atoms with E-state index in [2.05, 4.69) is 9.98 Å². The second-order valence-electron chi connectivity index (χ2n) is 6.78. The maximum atomic E-state index is 11.1. The van der Waals surface area contributed by atoms with Crippen LogP contribution in [0.25, 0.3) is 22.6 Å². The number of nitrogens with zero attached hydrogens (tertiary/aromatic N) is 2. The number of aromatic hydroxyl groups is 1. The van der Waals surface area contributed by atoms with Crippen molar-refractivity contribution in [3.63, 3.8) is 0 Å². The van der Waals surface area contributed by atoms with Crippen LogP contribution in [0.2, 0.25) is 0 Å². The van der Waals surface area contributed by atoms with Gasteiger partial charge in [0.25, 0.3) is 0 Å². The predicted molar refractivity (Wildman–Crippen MR) is 111 cm³/mol. The number of benzene rings is 3. The summed E-state index contributed by atoms with van der Waals surface area (Å²) in [7, 11) is 0. The molecule has 0 radical (unpaired) electrons. The molecule has 4 aromatic rings. The van der Waals surface area contributed by atoms with E-state index < -0.39 is 5.97 Å². The van der Waals surface area contributed by atoms with E-state index in [1.165, 1.54) is 24.4 Å². The Morgan fingerprint density at radius 1 is 1.10 bits per heavy atom. The SMILES string of the molecule is Cc1ccc2oc(-c3cccc(N=Cc4cc(C(=O)O)ccc4O)c3C)nc2c1. The number of carbonyl (C=O) groups is 1. The summed E-state index contributed by atoms with van der Waals surface area (Å²) >= 11 is 0. The van der Waals surface area contributed by atoms with Crippen LogP contribution in [-0.2, 0) is 0 Å². The Hall–Kier alpha value is -3.93. The summed E-state index contributed by atoms with van der Waals surface area (Å²) in [6.07, 6.45) is 1.45. The van der Waals surface area contributed by atoms with Crippen molar-refractivity contribution in [3.8, 4) is 17.2 Å². The summed E-state index contributed by atoms with van der Waals surface area (Å²) in [4.78, 5) is 20.2. The van der Waals surface area contributed by atoms with Gasteiger partial charge in [-0.15, -0.1) is 0 Å². The Morgan fingerprint density at radius 2 is 1.93 bits per heavy atom. The van der Waals surface area contributed by atoms with Gasteiger partial charge in [0, 0.05) is 17.3 Å². The molecule has 0 fully saturated rings. The van der Waals surface area contributed by atoms with E-state index in [0.717, 1.165) is 22.2 Å². The molecule has 6 nitrogen and oxygen atoms in total. The molecule has 0 spiro atoms. The summed E-state index contributed by atoms with van der Waals surface area (Å²) < 4.78 is 5.90. The molecule has 4 rings (SSSR count). The lowest BCUT2D eigenvalue weighted by molar-refractivity contribution is 0.0697. The zero-order valence-electron chi connectivity index (χ0n) is 15.9. The number of aromatic carboxylic acids is 1. The molecule has 3 aromatic carbocycles. The third-order valence-electron chi connectivity index (χ3n) is 4.70. The summed E-state index contributed by atoms with van der Waals surface area (Å²) in [5, 5.41) is 19.1. The highest BCUT2D eigenvalue weighted by molar-refractivity contribution is 5.93. The molecule has 0 bridgehead atoms. The number of oxazole rings is 1. The van der Waals surface area contributed by atoms with Gasteiger partial charge >= 0.3 is 5.97 Å². The van der Waals surface area contributed by atoms with Gasteiger partial charge in [-0.2, -0.15) is 0 Å². The first-order valence-corrected chi connectivity index (χ1v) is 9.00. The van der Waals surface area contributed by atoms with Crippen LogP contribution in [0.1, 0.15) is 27.0 Å². The van der Waals surface area contributed by atoms with Crippen LogP contribution >= 0.6 is 0 Å². The molecule has 0 aliphatic heterocycles. The van der Waals surface area contributed by atoms with Crippen molar-refractivity contribution >= 4 is 29.0 Å². The van der Waals surface area contributed by atoms with Gasteiger partial charge in [0.2, 0.25) is 5.89 Å². The largest absolute Gasteiger partial charge is 0.507 e. The highest BCUT2D eigenvalue weighted by Crippen LogP contribution is 2.32. The third-order valence-corrected chi connectivity index (χ3v) is 4.70. The molecule has 6 heteroatoms. The number of carboxylic acids is 1. The fourth-order valence-electron chi connectivity index (χ4n) is 3.08. The van der Waals surface area contributed by atoms with Gasteiger partial charge in [0.05, 0.1) is 11.3 Å². The molecule has 0 saturated carbocycles. The zero-order chi connectivity index (χ0) is 20.5. The lowest BCUT2D eigenvalue weighted by Gasteiger charge is -2.05. The van der Waals surface area contributed by atoms with Crippen molar-refractivity contribution in [1.82, 2.24) is 4.98 Å². The quantitative estimate of drug-likeness (QED) is 0.466. The van der Waals surface area contributed by atoms with Gasteiger partial charge < -0.3 is 14.6 Å². The molecule has 29 heavy (non-hydrogen) atoms. The molecule has 0 unspecified atom stereocenters. The highest BCUT2D eigenvalue weighted by Gasteiger charge is 2.13. The van der Waals surface area contributed by atoms with Crippen LogP contribution in [0.15, 0.2) is 64.0 Å². The predicted octanol–water partition coefficient (Wildman–Crippen LogP) is 5.27. The Labute approximate surface area is 166 Å². The average molecular weight is 386 g/mol. The van der Waals surface area contributed by atoms with Gasteiger partial charge in [-0.3, -0.25) is 4.99 Å². The fraction of sp³-hybridized carbons (Fsp3) is 0.0870. The molecule has 0 amide bonds. The number of phenolic OH excluding ortho intramolecular Hbond substituents is 1. The first-order chi connectivity index (χ1) is 13.9. The Bertz CT molecular complexity index is 1270. The standard InChI is InChI=1S/C23H18N2O4/c1-13-6-9-21-19(10-13)25-22(29-21)17-4-3-5-18(14(17)2)24-12-16-11-15(23(27)28)7-8-20(16)26/h3-12,26H,1-2H3,(H,27,28). The number of aliphatic imine (C=N–C) groups is 1. The second-order valence-corrected chi connectivity index (χ2v) is 6.78. The first kappa shape index (κ1) is 18.4. The van der Waals surface area contributed by atoms with Crippen molar-refractivity contribution < 1.29 is 19.4 Å². The molecule has 1 heterocycles. The molecule has 2 N–H and O–H groups in total. The van der Waals surface area contributed by atoms with Crippen LogP contribution in [0, 0.1) is 13.8 Å². The van der Waals surface area contributed by atoms with E-state index in [1.807, 2.05) is 50.2 Å². The highest BCUT2D eigenvalue weighted by atomic mass is 16.4. The van der Waals surface area contributed by atoms with E-state index in [4.69, 9.17) is 9.52 Å². The fourth-order valence-corrected chi connectivity index (χ4v) is 3.08. The monoisotopic (exact) mass is 386 g/mol. The van der Waals surface area contributed by atoms with Crippen molar-refractivity contribution in [2.45, 2.75) is 13.8 Å². The Balaban J connectivity index is 1.72. The van der Waals surface area contributed by atoms with Gasteiger partial charge in [0.1, 0.15) is 11.3 Å². The van der Waals surface area contributed by atoms with Crippen molar-refractivity contribution in [3.05, 3.63) is 76.9 Å². The Kier molecular flexibility index (Phi) is 4.60. The molecule has 0 aliphatic rings. The topological polar surface area (TPSA) is 95.9 Å². The minimum atomic E-state index is -1.07. The molecular weight excluding hydrogens is 368 g/mol. The molecule has 0 saturated heterocycles. The van der Waals surface area contributed by atoms with Crippen molar-refractivity contribution in [1.29, 1.82) is 0 Å². The maximum Gasteiger partial charge on any atom is 0.335 e. The second kappa shape index (κ2) is 7.24. The number of aromatic nitrogens is 1. The molecule has 1 aromatic heterocycles. The summed E-state index contributed by atoms with van der Waals surface area (Å²) in [5.74, 6) is -0.596. The molecule has 0 aliphatic carbocycles. The summed E-state index contributed by atoms with van der Waals surface area (Å²) in [5.41, 5.74) is 5.37. The van der Waals surface area contributed by atoms with Crippen LogP contribution in [-0.4, -0.2) is 27.4 Å². The number of fused-ring (bicyclic) bond motifs is 1. The van der Waals surface area contributed by atoms with Crippen LogP contribution in [0.3, 0.4) is 0 Å². The third kappa shape index (κ3) is 3.60. The van der Waals surface area contributed by atoms with Gasteiger partial charge in [-0.1, -0.05) is 12.1 Å². The van der Waals surface area contributed by atoms with E-state index in [9.17, 15) is 9.90 Å². The normalized spacial score (nSPS) is 11.4. The number of hydrogen-bond acceptors (Lipinski definition) is 5. The van der Waals surface area contributed by atoms with E-state index in [0.29, 0.717) is 22.7 Å². The number of phenols is 1. The van der Waals surface area contributed by atoms with Crippen molar-refractivity contribution in [2.24, 2.45) is 4.99 Å². The number of aryl methyl sites for hydroxylation is 1. The van der Waals surface area contributed by atoms with Gasteiger partial charge in [-0.05, 0) is 67.4 Å².